The first kappa shape index (κ1) is 14.1. The number of hydrogen-bond donors (Lipinski definition) is 0. The first-order chi connectivity index (χ1) is 8.90. The molecule has 104 valence electrons. The Balaban J connectivity index is 2.29. The van der Waals surface area contributed by atoms with Crippen LogP contribution in [0.25, 0.3) is 0 Å². The number of hydrogen-bond acceptors (Lipinski definition) is 4. The summed E-state index contributed by atoms with van der Waals surface area (Å²) in [4.78, 5) is 14.8. The molecule has 1 aromatic rings. The van der Waals surface area contributed by atoms with Gasteiger partial charge in [0.2, 0.25) is 0 Å². The van der Waals surface area contributed by atoms with Gasteiger partial charge in [0, 0.05) is 31.3 Å². The van der Waals surface area contributed by atoms with Crippen LogP contribution in [-0.4, -0.2) is 43.0 Å². The molecule has 1 unspecified atom stereocenters. The molecule has 1 aliphatic heterocycles. The minimum absolute atomic E-state index is 0.0506. The number of non-ortho nitro benzene ring substituents is 1. The molecule has 0 amide bonds. The van der Waals surface area contributed by atoms with E-state index in [1.807, 2.05) is 6.92 Å². The Morgan fingerprint density at radius 2 is 2.16 bits per heavy atom. The molecule has 0 aromatic heterocycles. The third kappa shape index (κ3) is 2.82. The van der Waals surface area contributed by atoms with Gasteiger partial charge < -0.3 is 9.80 Å². The Morgan fingerprint density at radius 3 is 2.63 bits per heavy atom. The quantitative estimate of drug-likeness (QED) is 0.632. The zero-order valence-corrected chi connectivity index (χ0v) is 12.1. The second-order valence-corrected chi connectivity index (χ2v) is 5.61. The lowest BCUT2D eigenvalue weighted by Gasteiger charge is -2.24. The van der Waals surface area contributed by atoms with E-state index >= 15 is 0 Å². The summed E-state index contributed by atoms with van der Waals surface area (Å²) in [6.07, 6.45) is 1.08. The summed E-state index contributed by atoms with van der Waals surface area (Å²) in [6.45, 7) is 3.71. The minimum Gasteiger partial charge on any atom is -0.368 e. The maximum absolute atomic E-state index is 10.8. The number of rotatable bonds is 3. The van der Waals surface area contributed by atoms with Crippen molar-refractivity contribution in [3.05, 3.63) is 32.8 Å². The molecule has 19 heavy (non-hydrogen) atoms. The van der Waals surface area contributed by atoms with E-state index in [0.29, 0.717) is 11.1 Å². The highest BCUT2D eigenvalue weighted by atomic mass is 35.5. The van der Waals surface area contributed by atoms with Crippen molar-refractivity contribution >= 4 is 23.0 Å². The van der Waals surface area contributed by atoms with Crippen LogP contribution in [0.5, 0.6) is 0 Å². The van der Waals surface area contributed by atoms with Crippen molar-refractivity contribution in [3.8, 4) is 0 Å². The van der Waals surface area contributed by atoms with Gasteiger partial charge in [0.1, 0.15) is 0 Å². The molecule has 0 radical (unpaired) electrons. The van der Waals surface area contributed by atoms with Crippen LogP contribution in [0.1, 0.15) is 12.0 Å². The second kappa shape index (κ2) is 5.35. The smallest absolute Gasteiger partial charge is 0.271 e. The highest BCUT2D eigenvalue weighted by molar-refractivity contribution is 6.33. The van der Waals surface area contributed by atoms with Crippen molar-refractivity contribution in [2.45, 2.75) is 19.4 Å². The lowest BCUT2D eigenvalue weighted by atomic mass is 10.1. The summed E-state index contributed by atoms with van der Waals surface area (Å²) in [5.74, 6) is 0. The Kier molecular flexibility index (Phi) is 3.96. The van der Waals surface area contributed by atoms with E-state index in [1.165, 1.54) is 6.07 Å². The van der Waals surface area contributed by atoms with Crippen molar-refractivity contribution in [1.29, 1.82) is 0 Å². The summed E-state index contributed by atoms with van der Waals surface area (Å²) in [5.41, 5.74) is 1.84. The first-order valence-corrected chi connectivity index (χ1v) is 6.64. The van der Waals surface area contributed by atoms with Gasteiger partial charge in [-0.05, 0) is 33.0 Å². The number of aryl methyl sites for hydroxylation is 1. The lowest BCUT2D eigenvalue weighted by Crippen LogP contribution is -2.31. The van der Waals surface area contributed by atoms with Crippen LogP contribution in [0.2, 0.25) is 5.02 Å². The topological polar surface area (TPSA) is 49.6 Å². The fourth-order valence-electron chi connectivity index (χ4n) is 2.59. The second-order valence-electron chi connectivity index (χ2n) is 5.20. The Bertz CT molecular complexity index is 482. The molecule has 0 aliphatic carbocycles. The van der Waals surface area contributed by atoms with Crippen LogP contribution in [0.3, 0.4) is 0 Å². The zero-order chi connectivity index (χ0) is 14.2. The van der Waals surface area contributed by atoms with Crippen LogP contribution < -0.4 is 4.90 Å². The Morgan fingerprint density at radius 1 is 1.47 bits per heavy atom. The molecule has 1 atom stereocenters. The molecule has 0 spiro atoms. The molecule has 6 heteroatoms. The van der Waals surface area contributed by atoms with Crippen molar-refractivity contribution in [3.63, 3.8) is 0 Å². The van der Waals surface area contributed by atoms with E-state index in [2.05, 4.69) is 23.9 Å². The molecule has 0 bridgehead atoms. The molecule has 2 rings (SSSR count). The average molecular weight is 284 g/mol. The van der Waals surface area contributed by atoms with Gasteiger partial charge in [0.05, 0.1) is 15.6 Å². The van der Waals surface area contributed by atoms with Gasteiger partial charge in [-0.3, -0.25) is 10.1 Å². The number of anilines is 1. The van der Waals surface area contributed by atoms with Gasteiger partial charge in [-0.2, -0.15) is 0 Å². The molecule has 5 nitrogen and oxygen atoms in total. The summed E-state index contributed by atoms with van der Waals surface area (Å²) in [5, 5.41) is 11.3. The summed E-state index contributed by atoms with van der Waals surface area (Å²) < 4.78 is 0. The summed E-state index contributed by atoms with van der Waals surface area (Å²) >= 11 is 6.23. The maximum Gasteiger partial charge on any atom is 0.271 e. The number of nitro benzene ring substituents is 1. The van der Waals surface area contributed by atoms with Crippen LogP contribution >= 0.6 is 11.6 Å². The molecular formula is C13H18ClN3O2. The first-order valence-electron chi connectivity index (χ1n) is 6.26. The van der Waals surface area contributed by atoms with E-state index in [9.17, 15) is 10.1 Å². The fraction of sp³-hybridized carbons (Fsp3) is 0.538. The van der Waals surface area contributed by atoms with Crippen molar-refractivity contribution in [2.24, 2.45) is 0 Å². The summed E-state index contributed by atoms with van der Waals surface area (Å²) in [7, 11) is 4.14. The van der Waals surface area contributed by atoms with Crippen LogP contribution in [0.4, 0.5) is 11.4 Å². The van der Waals surface area contributed by atoms with Gasteiger partial charge in [0.25, 0.3) is 5.69 Å². The van der Waals surface area contributed by atoms with E-state index in [-0.39, 0.29) is 5.69 Å². The molecule has 1 heterocycles. The maximum atomic E-state index is 10.8. The monoisotopic (exact) mass is 283 g/mol. The van der Waals surface area contributed by atoms with Gasteiger partial charge in [0.15, 0.2) is 0 Å². The summed E-state index contributed by atoms with van der Waals surface area (Å²) in [6, 6.07) is 3.53. The Labute approximate surface area is 117 Å². The average Bonchev–Trinajstić information content (AvgIpc) is 2.77. The van der Waals surface area contributed by atoms with Crippen LogP contribution in [0, 0.1) is 17.0 Å². The lowest BCUT2D eigenvalue weighted by molar-refractivity contribution is -0.384. The molecular weight excluding hydrogens is 266 g/mol. The predicted octanol–water partition coefficient (Wildman–Crippen LogP) is 2.70. The number of likely N-dealkylation sites (N-methyl/N-ethyl adjacent to an activating group) is 1. The third-order valence-electron chi connectivity index (χ3n) is 3.66. The van der Waals surface area contributed by atoms with Crippen molar-refractivity contribution in [1.82, 2.24) is 4.90 Å². The third-order valence-corrected chi connectivity index (χ3v) is 3.95. The predicted molar refractivity (Wildman–Crippen MR) is 77.1 cm³/mol. The molecule has 1 aliphatic rings. The number of halogens is 1. The SMILES string of the molecule is Cc1cc([N+](=O)[O-])cc(Cl)c1N1CCC(N(C)C)C1. The Hall–Kier alpha value is -1.33. The van der Waals surface area contributed by atoms with Gasteiger partial charge in [-0.1, -0.05) is 11.6 Å². The van der Waals surface area contributed by atoms with Gasteiger partial charge in [-0.25, -0.2) is 0 Å². The van der Waals surface area contributed by atoms with E-state index in [4.69, 9.17) is 11.6 Å². The number of nitrogens with zero attached hydrogens (tertiary/aromatic N) is 3. The van der Waals surface area contributed by atoms with Crippen molar-refractivity contribution in [2.75, 3.05) is 32.1 Å². The minimum atomic E-state index is -0.407. The largest absolute Gasteiger partial charge is 0.368 e. The van der Waals surface area contributed by atoms with Crippen LogP contribution in [-0.2, 0) is 0 Å². The number of nitro groups is 1. The van der Waals surface area contributed by atoms with E-state index < -0.39 is 4.92 Å². The molecule has 0 N–H and O–H groups in total. The van der Waals surface area contributed by atoms with Gasteiger partial charge in [-0.15, -0.1) is 0 Å². The highest BCUT2D eigenvalue weighted by Gasteiger charge is 2.27. The van der Waals surface area contributed by atoms with E-state index in [0.717, 1.165) is 30.8 Å². The zero-order valence-electron chi connectivity index (χ0n) is 11.4. The molecule has 1 aromatic carbocycles. The number of benzene rings is 1. The normalized spacial score (nSPS) is 19.2. The molecule has 0 saturated carbocycles. The highest BCUT2D eigenvalue weighted by Crippen LogP contribution is 2.35. The molecule has 1 fully saturated rings. The van der Waals surface area contributed by atoms with Crippen molar-refractivity contribution < 1.29 is 4.92 Å². The van der Waals surface area contributed by atoms with Gasteiger partial charge >= 0.3 is 0 Å². The van der Waals surface area contributed by atoms with E-state index in [1.54, 1.807) is 6.07 Å². The standard InChI is InChI=1S/C13H18ClN3O2/c1-9-6-11(17(18)19)7-12(14)13(9)16-5-4-10(8-16)15(2)3/h6-7,10H,4-5,8H2,1-3H3. The van der Waals surface area contributed by atoms with Crippen LogP contribution in [0.15, 0.2) is 12.1 Å². The molecule has 1 saturated heterocycles. The fourth-order valence-corrected chi connectivity index (χ4v) is 2.97.